The van der Waals surface area contributed by atoms with E-state index in [4.69, 9.17) is 9.47 Å². The van der Waals surface area contributed by atoms with Crippen LogP contribution in [0.4, 0.5) is 5.69 Å². The van der Waals surface area contributed by atoms with Crippen molar-refractivity contribution in [3.8, 4) is 5.75 Å². The predicted octanol–water partition coefficient (Wildman–Crippen LogP) is 1.12. The molecule has 6 heteroatoms. The van der Waals surface area contributed by atoms with Gasteiger partial charge in [0.05, 0.1) is 19.4 Å². The van der Waals surface area contributed by atoms with Crippen molar-refractivity contribution in [1.82, 2.24) is 5.32 Å². The van der Waals surface area contributed by atoms with Crippen LogP contribution in [0.25, 0.3) is 0 Å². The van der Waals surface area contributed by atoms with E-state index in [9.17, 15) is 9.59 Å². The van der Waals surface area contributed by atoms with Crippen LogP contribution in [-0.4, -0.2) is 45.7 Å². The molecule has 1 aromatic rings. The van der Waals surface area contributed by atoms with E-state index in [2.05, 4.69) is 5.32 Å². The molecule has 2 amide bonds. The lowest BCUT2D eigenvalue weighted by Gasteiger charge is -2.23. The second-order valence-corrected chi connectivity index (χ2v) is 4.62. The van der Waals surface area contributed by atoms with Gasteiger partial charge >= 0.3 is 0 Å². The Bertz CT molecular complexity index is 502. The molecule has 0 unspecified atom stereocenters. The average molecular weight is 294 g/mol. The van der Waals surface area contributed by atoms with Crippen LogP contribution in [0.3, 0.4) is 0 Å². The largest absolute Gasteiger partial charge is 0.495 e. The molecule has 0 fully saturated rings. The highest BCUT2D eigenvalue weighted by Crippen LogP contribution is 2.29. The van der Waals surface area contributed by atoms with Crippen LogP contribution >= 0.6 is 0 Å². The topological polar surface area (TPSA) is 67.9 Å². The van der Waals surface area contributed by atoms with Gasteiger partial charge in [-0.25, -0.2) is 0 Å². The summed E-state index contributed by atoms with van der Waals surface area (Å²) in [4.78, 5) is 25.1. The molecule has 116 valence electrons. The van der Waals surface area contributed by atoms with Gasteiger partial charge in [0.15, 0.2) is 0 Å². The van der Waals surface area contributed by atoms with Crippen molar-refractivity contribution in [3.05, 3.63) is 23.8 Å². The van der Waals surface area contributed by atoms with Crippen molar-refractivity contribution in [3.63, 3.8) is 0 Å². The van der Waals surface area contributed by atoms with Gasteiger partial charge in [0.25, 0.3) is 0 Å². The Labute approximate surface area is 125 Å². The summed E-state index contributed by atoms with van der Waals surface area (Å²) in [6, 6.07) is 5.49. The van der Waals surface area contributed by atoms with E-state index < -0.39 is 0 Å². The Morgan fingerprint density at radius 3 is 2.57 bits per heavy atom. The number of carbonyl (C=O) groups is 2. The van der Waals surface area contributed by atoms with Crippen molar-refractivity contribution in [2.45, 2.75) is 13.8 Å². The lowest BCUT2D eigenvalue weighted by atomic mass is 10.2. The first kappa shape index (κ1) is 17.0. The minimum Gasteiger partial charge on any atom is -0.495 e. The number of anilines is 1. The third-order valence-corrected chi connectivity index (χ3v) is 2.94. The Hall–Kier alpha value is -2.08. The fraction of sp³-hybridized carbons (Fsp3) is 0.467. The van der Waals surface area contributed by atoms with Crippen LogP contribution in [0.5, 0.6) is 5.75 Å². The predicted molar refractivity (Wildman–Crippen MR) is 80.6 cm³/mol. The van der Waals surface area contributed by atoms with E-state index in [1.165, 1.54) is 18.9 Å². The molecule has 0 heterocycles. The van der Waals surface area contributed by atoms with Crippen molar-refractivity contribution in [2.75, 3.05) is 38.8 Å². The quantitative estimate of drug-likeness (QED) is 0.765. The first-order valence-electron chi connectivity index (χ1n) is 6.68. The van der Waals surface area contributed by atoms with Gasteiger partial charge < -0.3 is 14.8 Å². The third kappa shape index (κ3) is 5.07. The van der Waals surface area contributed by atoms with Gasteiger partial charge in [-0.05, 0) is 24.6 Å². The number of aryl methyl sites for hydroxylation is 1. The summed E-state index contributed by atoms with van der Waals surface area (Å²) in [5.41, 5.74) is 1.57. The molecule has 1 aromatic carbocycles. The fourth-order valence-electron chi connectivity index (χ4n) is 1.87. The molecule has 6 nitrogen and oxygen atoms in total. The molecule has 0 bridgehead atoms. The summed E-state index contributed by atoms with van der Waals surface area (Å²) in [5.74, 6) is 0.0899. The zero-order valence-corrected chi connectivity index (χ0v) is 12.9. The molecular weight excluding hydrogens is 272 g/mol. The third-order valence-electron chi connectivity index (χ3n) is 2.94. The van der Waals surface area contributed by atoms with Crippen LogP contribution in [0, 0.1) is 6.92 Å². The molecule has 0 aliphatic heterocycles. The number of benzene rings is 1. The zero-order valence-electron chi connectivity index (χ0n) is 12.9. The van der Waals surface area contributed by atoms with E-state index in [1.54, 1.807) is 13.2 Å². The van der Waals surface area contributed by atoms with Crippen molar-refractivity contribution in [1.29, 1.82) is 0 Å². The number of amides is 2. The average Bonchev–Trinajstić information content (AvgIpc) is 2.44. The van der Waals surface area contributed by atoms with Crippen LogP contribution in [0.15, 0.2) is 18.2 Å². The smallest absolute Gasteiger partial charge is 0.240 e. The summed E-state index contributed by atoms with van der Waals surface area (Å²) in [5, 5.41) is 2.69. The molecule has 0 aromatic heterocycles. The minimum atomic E-state index is -0.245. The number of ether oxygens (including phenoxy) is 2. The summed E-state index contributed by atoms with van der Waals surface area (Å²) in [6.07, 6.45) is 0. The van der Waals surface area contributed by atoms with E-state index in [0.29, 0.717) is 24.6 Å². The summed E-state index contributed by atoms with van der Waals surface area (Å²) < 4.78 is 10.1. The first-order valence-corrected chi connectivity index (χ1v) is 6.68. The second-order valence-electron chi connectivity index (χ2n) is 4.62. The molecule has 0 aliphatic carbocycles. The maximum Gasteiger partial charge on any atom is 0.240 e. The molecule has 0 spiro atoms. The lowest BCUT2D eigenvalue weighted by molar-refractivity contribution is -0.123. The SMILES string of the molecule is COCCNC(=O)CN(C(C)=O)c1cc(C)ccc1OC. The summed E-state index contributed by atoms with van der Waals surface area (Å²) >= 11 is 0. The van der Waals surface area contributed by atoms with Gasteiger partial charge in [0.1, 0.15) is 12.3 Å². The van der Waals surface area contributed by atoms with Gasteiger partial charge in [-0.2, -0.15) is 0 Å². The molecule has 0 saturated heterocycles. The number of nitrogens with zero attached hydrogens (tertiary/aromatic N) is 1. The van der Waals surface area contributed by atoms with Crippen molar-refractivity contribution in [2.24, 2.45) is 0 Å². The summed E-state index contributed by atoms with van der Waals surface area (Å²) in [7, 11) is 3.09. The van der Waals surface area contributed by atoms with Gasteiger partial charge in [-0.3, -0.25) is 14.5 Å². The zero-order chi connectivity index (χ0) is 15.8. The highest BCUT2D eigenvalue weighted by Gasteiger charge is 2.19. The number of methoxy groups -OCH3 is 2. The molecule has 0 aliphatic rings. The summed E-state index contributed by atoms with van der Waals surface area (Å²) in [6.45, 7) is 4.12. The second kappa shape index (κ2) is 8.26. The van der Waals surface area contributed by atoms with Gasteiger partial charge in [0.2, 0.25) is 11.8 Å². The maximum absolute atomic E-state index is 11.9. The standard InChI is InChI=1S/C15H22N2O4/c1-11-5-6-14(21-4)13(9-11)17(12(2)18)10-15(19)16-7-8-20-3/h5-6,9H,7-8,10H2,1-4H3,(H,16,19). The number of nitrogens with one attached hydrogen (secondary N) is 1. The molecule has 1 N–H and O–H groups in total. The minimum absolute atomic E-state index is 0.0567. The highest BCUT2D eigenvalue weighted by molar-refractivity contribution is 5.98. The van der Waals surface area contributed by atoms with Gasteiger partial charge in [-0.15, -0.1) is 0 Å². The van der Waals surface area contributed by atoms with Crippen LogP contribution in [0.2, 0.25) is 0 Å². The molecular formula is C15H22N2O4. The lowest BCUT2D eigenvalue weighted by Crippen LogP contribution is -2.41. The van der Waals surface area contributed by atoms with E-state index in [1.807, 2.05) is 19.1 Å². The van der Waals surface area contributed by atoms with Crippen LogP contribution < -0.4 is 15.0 Å². The van der Waals surface area contributed by atoms with Crippen molar-refractivity contribution >= 4 is 17.5 Å². The van der Waals surface area contributed by atoms with Gasteiger partial charge in [0, 0.05) is 20.6 Å². The molecule has 0 radical (unpaired) electrons. The highest BCUT2D eigenvalue weighted by atomic mass is 16.5. The Balaban J connectivity index is 2.89. The number of hydrogen-bond donors (Lipinski definition) is 1. The van der Waals surface area contributed by atoms with E-state index >= 15 is 0 Å². The fourth-order valence-corrected chi connectivity index (χ4v) is 1.87. The molecule has 1 rings (SSSR count). The maximum atomic E-state index is 11.9. The number of hydrogen-bond acceptors (Lipinski definition) is 4. The monoisotopic (exact) mass is 294 g/mol. The molecule has 21 heavy (non-hydrogen) atoms. The number of carbonyl (C=O) groups excluding carboxylic acids is 2. The van der Waals surface area contributed by atoms with Crippen molar-refractivity contribution < 1.29 is 19.1 Å². The molecule has 0 atom stereocenters. The first-order chi connectivity index (χ1) is 9.99. The van der Waals surface area contributed by atoms with E-state index in [-0.39, 0.29) is 18.4 Å². The van der Waals surface area contributed by atoms with Crippen LogP contribution in [0.1, 0.15) is 12.5 Å². The Morgan fingerprint density at radius 2 is 2.00 bits per heavy atom. The molecule has 0 saturated carbocycles. The Morgan fingerprint density at radius 1 is 1.29 bits per heavy atom. The van der Waals surface area contributed by atoms with E-state index in [0.717, 1.165) is 5.56 Å². The Kier molecular flexibility index (Phi) is 6.68. The van der Waals surface area contributed by atoms with Gasteiger partial charge in [-0.1, -0.05) is 6.07 Å². The van der Waals surface area contributed by atoms with Crippen LogP contribution in [-0.2, 0) is 14.3 Å². The number of rotatable bonds is 7. The normalized spacial score (nSPS) is 10.1.